The molecule has 4 aromatic carbocycles. The van der Waals surface area contributed by atoms with E-state index >= 15 is 0 Å². The summed E-state index contributed by atoms with van der Waals surface area (Å²) in [7, 11) is 3.74. The molecule has 0 spiro atoms. The molecule has 0 aliphatic heterocycles. The number of hydrogen-bond donors (Lipinski definition) is 1. The van der Waals surface area contributed by atoms with Gasteiger partial charge in [0.1, 0.15) is 23.0 Å². The molecule has 0 aromatic heterocycles. The maximum atomic E-state index is 13.2. The van der Waals surface area contributed by atoms with Gasteiger partial charge in [0.05, 0.1) is 11.1 Å². The van der Waals surface area contributed by atoms with Crippen molar-refractivity contribution in [3.05, 3.63) is 119 Å². The Morgan fingerprint density at radius 2 is 0.881 bits per heavy atom. The first kappa shape index (κ1) is 49.1. The first-order valence-electron chi connectivity index (χ1n) is 18.5. The van der Waals surface area contributed by atoms with Gasteiger partial charge in [0.2, 0.25) is 0 Å². The van der Waals surface area contributed by atoms with Gasteiger partial charge in [-0.1, -0.05) is 74.5 Å². The molecule has 0 heterocycles. The smallest absolute Gasteiger partial charge is 0.507 e. The van der Waals surface area contributed by atoms with E-state index in [1.165, 1.54) is 70.1 Å². The van der Waals surface area contributed by atoms with Gasteiger partial charge in [-0.3, -0.25) is 9.59 Å². The fourth-order valence-electron chi connectivity index (χ4n) is 6.05. The van der Waals surface area contributed by atoms with Gasteiger partial charge in [-0.15, -0.1) is 0 Å². The lowest BCUT2D eigenvalue weighted by atomic mass is 10.0. The zero-order valence-electron chi connectivity index (χ0n) is 35.5. The molecule has 0 saturated heterocycles. The van der Waals surface area contributed by atoms with E-state index in [4.69, 9.17) is 53.7 Å². The molecular weight excluding hydrogens is 817 g/mol. The minimum Gasteiger partial charge on any atom is -0.507 e. The monoisotopic (exact) mass is 872 g/mol. The Morgan fingerprint density at radius 1 is 0.508 bits per heavy atom. The topological polar surface area (TPSA) is 165 Å². The minimum atomic E-state index is -3.54. The van der Waals surface area contributed by atoms with Crippen molar-refractivity contribution in [1.29, 1.82) is 0 Å². The normalized spacial score (nSPS) is 12.8. The van der Waals surface area contributed by atoms with Gasteiger partial charge in [0.25, 0.3) is 0 Å². The number of aromatic hydroxyl groups is 1. The molecule has 2 unspecified atom stereocenters. The Balaban J connectivity index is 0.000000324. The lowest BCUT2D eigenvalue weighted by Crippen LogP contribution is -2.56. The third-order valence-corrected chi connectivity index (χ3v) is 17.3. The highest BCUT2D eigenvalue weighted by molar-refractivity contribution is 6.62. The third-order valence-electron chi connectivity index (χ3n) is 9.26. The summed E-state index contributed by atoms with van der Waals surface area (Å²) in [6.45, 7) is 3.86. The van der Waals surface area contributed by atoms with Gasteiger partial charge in [-0.2, -0.15) is 0 Å². The van der Waals surface area contributed by atoms with Gasteiger partial charge in [-0.05, 0) is 37.1 Å². The fraction of sp³-hybridized carbons (Fsp3) is 0.366. The van der Waals surface area contributed by atoms with E-state index in [1.54, 1.807) is 78.9 Å². The number of phenolic OH excluding ortho intramolecular Hbond substituents is 1. The van der Waals surface area contributed by atoms with Crippen molar-refractivity contribution >= 4 is 38.2 Å². The molecule has 2 atom stereocenters. The summed E-state index contributed by atoms with van der Waals surface area (Å²) in [5.41, 5.74) is 0.593. The van der Waals surface area contributed by atoms with Crippen LogP contribution in [0.2, 0.25) is 0 Å². The lowest BCUT2D eigenvalue weighted by Gasteiger charge is -2.32. The Kier molecular flexibility index (Phi) is 19.5. The van der Waals surface area contributed by atoms with Crippen molar-refractivity contribution in [2.45, 2.75) is 38.1 Å². The number of hydrogen-bond acceptors (Lipinski definition) is 15. The van der Waals surface area contributed by atoms with Crippen molar-refractivity contribution in [3.8, 4) is 23.0 Å². The molecule has 0 aliphatic rings. The van der Waals surface area contributed by atoms with Crippen LogP contribution in [0.3, 0.4) is 0 Å². The lowest BCUT2D eigenvalue weighted by molar-refractivity contribution is 0.0501. The summed E-state index contributed by atoms with van der Waals surface area (Å²) in [6.07, 6.45) is 1.16. The SMILES string of the molecule is CCC(Oc1ccc(C(=O)c2ccccc2)c(O)c1)[Si](OC)(OC)OC.CCC(Oc1ccc(C(=O)c2ccccc2)c(O[Si](OC)(OC)OC)c1)[Si](OC)(OC)OC. The Hall–Kier alpha value is -4.29. The number of carbonyl (C=O) groups excluding carboxylic acids is 2. The van der Waals surface area contributed by atoms with Crippen molar-refractivity contribution < 1.29 is 68.4 Å². The van der Waals surface area contributed by atoms with E-state index in [9.17, 15) is 14.7 Å². The standard InChI is InChI=1S/C22H32O9Si2.C19H24O6Si/c1-8-21(32(24-2,25-3)26-4)30-18-14-15-19(22(23)17-12-10-9-11-13-17)20(16-18)31-33(27-5,28-6)29-7;1-5-18(26(22-2,23-3)24-4)25-15-11-12-16(17(20)13-15)19(21)14-9-7-6-8-10-14/h9-16,21H,8H2,1-7H3;6-13,18,20H,5H2,1-4H3. The third kappa shape index (κ3) is 11.9. The highest BCUT2D eigenvalue weighted by atomic mass is 28.4. The molecule has 0 radical (unpaired) electrons. The molecule has 1 N–H and O–H groups in total. The summed E-state index contributed by atoms with van der Waals surface area (Å²) in [6, 6.07) is 27.2. The van der Waals surface area contributed by atoms with E-state index in [2.05, 4.69) is 0 Å². The summed E-state index contributed by atoms with van der Waals surface area (Å²) in [5, 5.41) is 10.3. The van der Waals surface area contributed by atoms with Crippen molar-refractivity contribution in [3.63, 3.8) is 0 Å². The average Bonchev–Trinajstić information content (AvgIpc) is 3.29. The van der Waals surface area contributed by atoms with Crippen LogP contribution in [0.1, 0.15) is 58.5 Å². The highest BCUT2D eigenvalue weighted by Crippen LogP contribution is 2.33. The molecule has 322 valence electrons. The van der Waals surface area contributed by atoms with Crippen LogP contribution < -0.4 is 13.9 Å². The van der Waals surface area contributed by atoms with Gasteiger partial charge < -0.3 is 58.8 Å². The van der Waals surface area contributed by atoms with E-state index in [0.717, 1.165) is 0 Å². The molecule has 18 heteroatoms. The average molecular weight is 873 g/mol. The summed E-state index contributed by atoms with van der Waals surface area (Å²) < 4.78 is 67.5. The predicted molar refractivity (Wildman–Crippen MR) is 225 cm³/mol. The van der Waals surface area contributed by atoms with E-state index in [-0.39, 0.29) is 28.6 Å². The van der Waals surface area contributed by atoms with Crippen molar-refractivity contribution in [2.75, 3.05) is 64.0 Å². The van der Waals surface area contributed by atoms with E-state index in [1.807, 2.05) is 26.0 Å². The Labute approximate surface area is 350 Å². The van der Waals surface area contributed by atoms with Gasteiger partial charge in [0, 0.05) is 87.2 Å². The first-order valence-corrected chi connectivity index (χ1v) is 23.8. The van der Waals surface area contributed by atoms with E-state index < -0.39 is 38.1 Å². The molecule has 4 aromatic rings. The second-order valence-electron chi connectivity index (χ2n) is 12.4. The number of ether oxygens (including phenoxy) is 2. The number of benzene rings is 4. The number of ketones is 2. The Morgan fingerprint density at radius 3 is 1.24 bits per heavy atom. The van der Waals surface area contributed by atoms with Crippen LogP contribution in [0.5, 0.6) is 23.0 Å². The zero-order valence-corrected chi connectivity index (χ0v) is 38.5. The molecule has 59 heavy (non-hydrogen) atoms. The first-order chi connectivity index (χ1) is 28.4. The summed E-state index contributed by atoms with van der Waals surface area (Å²) in [5.74, 6) is 0.400. The Bertz CT molecular complexity index is 1870. The van der Waals surface area contributed by atoms with Crippen LogP contribution in [0.4, 0.5) is 0 Å². The van der Waals surface area contributed by atoms with Crippen LogP contribution in [-0.4, -0.2) is 119 Å². The highest BCUT2D eigenvalue weighted by Gasteiger charge is 2.50. The molecule has 0 aliphatic carbocycles. The van der Waals surface area contributed by atoms with Crippen LogP contribution in [-0.2, 0) is 39.8 Å². The minimum absolute atomic E-state index is 0.147. The van der Waals surface area contributed by atoms with Crippen LogP contribution in [0.15, 0.2) is 97.1 Å². The molecular formula is C41H56O15Si3. The molecule has 15 nitrogen and oxygen atoms in total. The second-order valence-corrected chi connectivity index (χ2v) is 21.0. The summed E-state index contributed by atoms with van der Waals surface area (Å²) >= 11 is 0. The van der Waals surface area contributed by atoms with Crippen molar-refractivity contribution in [2.24, 2.45) is 0 Å². The molecule has 4 rings (SSSR count). The number of phenols is 1. The predicted octanol–water partition coefficient (Wildman–Crippen LogP) is 6.44. The van der Waals surface area contributed by atoms with Gasteiger partial charge in [-0.25, -0.2) is 0 Å². The van der Waals surface area contributed by atoms with Gasteiger partial charge in [0.15, 0.2) is 23.0 Å². The van der Waals surface area contributed by atoms with E-state index in [0.29, 0.717) is 41.0 Å². The van der Waals surface area contributed by atoms with Crippen LogP contribution >= 0.6 is 0 Å². The molecule has 0 bridgehead atoms. The van der Waals surface area contributed by atoms with Crippen molar-refractivity contribution in [1.82, 2.24) is 0 Å². The second kappa shape index (κ2) is 23.5. The van der Waals surface area contributed by atoms with Crippen LogP contribution in [0, 0.1) is 0 Å². The number of rotatable bonds is 23. The largest absolute Gasteiger partial charge is 0.748 e. The molecule has 0 fully saturated rings. The molecule has 0 saturated carbocycles. The maximum absolute atomic E-state index is 13.2. The van der Waals surface area contributed by atoms with Crippen LogP contribution in [0.25, 0.3) is 0 Å². The quantitative estimate of drug-likeness (QED) is 0.0639. The van der Waals surface area contributed by atoms with Gasteiger partial charge >= 0.3 is 26.7 Å². The zero-order chi connectivity index (χ0) is 43.6. The fourth-order valence-corrected chi connectivity index (χ4v) is 11.4. The molecule has 0 amide bonds. The summed E-state index contributed by atoms with van der Waals surface area (Å²) in [4.78, 5) is 25.7. The maximum Gasteiger partial charge on any atom is 0.748 e. The number of carbonyl (C=O) groups is 2.